The number of carbonyl (C=O) groups is 2. The average Bonchev–Trinajstić information content (AvgIpc) is 2.47. The van der Waals surface area contributed by atoms with Crippen molar-refractivity contribution in [1.29, 1.82) is 0 Å². The van der Waals surface area contributed by atoms with Gasteiger partial charge in [0.1, 0.15) is 5.60 Å². The highest BCUT2D eigenvalue weighted by Crippen LogP contribution is 2.23. The first-order chi connectivity index (χ1) is 10.3. The van der Waals surface area contributed by atoms with E-state index in [9.17, 15) is 9.59 Å². The Hall–Kier alpha value is -1.26. The smallest absolute Gasteiger partial charge is 0.410 e. The molecule has 0 aliphatic carbocycles. The molecule has 5 heteroatoms. The molecular weight excluding hydrogens is 280 g/mol. The van der Waals surface area contributed by atoms with E-state index < -0.39 is 5.60 Å². The second-order valence-electron chi connectivity index (χ2n) is 7.36. The molecule has 22 heavy (non-hydrogen) atoms. The molecule has 0 aromatic rings. The Balaban J connectivity index is 1.72. The highest BCUT2D eigenvalue weighted by Gasteiger charge is 2.28. The minimum atomic E-state index is -0.449. The summed E-state index contributed by atoms with van der Waals surface area (Å²) < 4.78 is 5.40. The summed E-state index contributed by atoms with van der Waals surface area (Å²) in [6.45, 7) is 8.78. The minimum absolute atomic E-state index is 0.233. The maximum atomic E-state index is 12.3. The highest BCUT2D eigenvalue weighted by molar-refractivity contribution is 5.76. The summed E-state index contributed by atoms with van der Waals surface area (Å²) in [7, 11) is 0. The third-order valence-electron chi connectivity index (χ3n) is 4.29. The van der Waals surface area contributed by atoms with E-state index in [1.165, 1.54) is 0 Å². The zero-order chi connectivity index (χ0) is 16.2. The van der Waals surface area contributed by atoms with Crippen LogP contribution in [0.1, 0.15) is 52.9 Å². The summed E-state index contributed by atoms with van der Waals surface area (Å²) in [4.78, 5) is 28.0. The number of piperidine rings is 2. The first kappa shape index (κ1) is 17.1. The van der Waals surface area contributed by atoms with E-state index in [1.807, 2.05) is 25.7 Å². The van der Waals surface area contributed by atoms with Crippen molar-refractivity contribution in [2.24, 2.45) is 5.92 Å². The summed E-state index contributed by atoms with van der Waals surface area (Å²) in [5, 5.41) is 0. The lowest BCUT2D eigenvalue weighted by molar-refractivity contribution is -0.133. The summed E-state index contributed by atoms with van der Waals surface area (Å²) in [5.41, 5.74) is -0.449. The van der Waals surface area contributed by atoms with E-state index in [-0.39, 0.29) is 12.0 Å². The standard InChI is InChI=1S/C17H29N2O3/c1-17(2,3)22-16(21)19-11-7-14(8-12-19)13-15(20)18-9-5-4-6-10-18/h4,14H,5-13H2,1-3H3. The molecule has 0 unspecified atom stereocenters. The van der Waals surface area contributed by atoms with Gasteiger partial charge < -0.3 is 14.5 Å². The molecule has 2 heterocycles. The van der Waals surface area contributed by atoms with Crippen LogP contribution in [0.4, 0.5) is 4.79 Å². The summed E-state index contributed by atoms with van der Waals surface area (Å²) >= 11 is 0. The van der Waals surface area contributed by atoms with Gasteiger partial charge in [0, 0.05) is 32.6 Å². The fourth-order valence-corrected chi connectivity index (χ4v) is 3.02. The van der Waals surface area contributed by atoms with Crippen LogP contribution in [0, 0.1) is 12.3 Å². The van der Waals surface area contributed by atoms with Crippen molar-refractivity contribution in [3.63, 3.8) is 0 Å². The van der Waals surface area contributed by atoms with Gasteiger partial charge in [0.25, 0.3) is 0 Å². The van der Waals surface area contributed by atoms with E-state index in [2.05, 4.69) is 6.42 Å². The molecule has 0 spiro atoms. The minimum Gasteiger partial charge on any atom is -0.444 e. The number of hydrogen-bond donors (Lipinski definition) is 0. The van der Waals surface area contributed by atoms with Crippen LogP contribution in [-0.2, 0) is 9.53 Å². The average molecular weight is 309 g/mol. The number of likely N-dealkylation sites (tertiary alicyclic amines) is 2. The van der Waals surface area contributed by atoms with Gasteiger partial charge >= 0.3 is 6.09 Å². The van der Waals surface area contributed by atoms with Gasteiger partial charge in [-0.15, -0.1) is 0 Å². The molecule has 1 radical (unpaired) electrons. The van der Waals surface area contributed by atoms with Crippen molar-refractivity contribution < 1.29 is 14.3 Å². The lowest BCUT2D eigenvalue weighted by Gasteiger charge is -2.34. The normalized spacial score (nSPS) is 20.9. The quantitative estimate of drug-likeness (QED) is 0.788. The van der Waals surface area contributed by atoms with Crippen molar-refractivity contribution >= 4 is 12.0 Å². The second-order valence-corrected chi connectivity index (χ2v) is 7.36. The Morgan fingerprint density at radius 1 is 1.05 bits per heavy atom. The Morgan fingerprint density at radius 2 is 1.64 bits per heavy atom. The van der Waals surface area contributed by atoms with Crippen molar-refractivity contribution in [3.05, 3.63) is 6.42 Å². The van der Waals surface area contributed by atoms with E-state index >= 15 is 0 Å². The van der Waals surface area contributed by atoms with E-state index in [1.54, 1.807) is 4.90 Å². The predicted octanol–water partition coefficient (Wildman–Crippen LogP) is 2.85. The lowest BCUT2D eigenvalue weighted by Crippen LogP contribution is -2.43. The number of ether oxygens (including phenoxy) is 1. The fourth-order valence-electron chi connectivity index (χ4n) is 3.02. The Bertz CT molecular complexity index is 389. The molecule has 2 aliphatic rings. The van der Waals surface area contributed by atoms with E-state index in [0.717, 1.165) is 38.8 Å². The number of nitrogens with zero attached hydrogens (tertiary/aromatic N) is 2. The SMILES string of the molecule is CC(C)(C)OC(=O)N1CCC(CC(=O)N2CC[CH]CC2)CC1. The van der Waals surface area contributed by atoms with Gasteiger partial charge in [-0.05, 0) is 58.8 Å². The molecule has 2 saturated heterocycles. The molecule has 0 bridgehead atoms. The second kappa shape index (κ2) is 7.34. The molecule has 0 aromatic carbocycles. The van der Waals surface area contributed by atoms with Crippen LogP contribution >= 0.6 is 0 Å². The zero-order valence-electron chi connectivity index (χ0n) is 14.1. The highest BCUT2D eigenvalue weighted by atomic mass is 16.6. The van der Waals surface area contributed by atoms with Gasteiger partial charge in [0.05, 0.1) is 0 Å². The van der Waals surface area contributed by atoms with Crippen molar-refractivity contribution in [2.45, 2.75) is 58.5 Å². The molecule has 2 fully saturated rings. The van der Waals surface area contributed by atoms with E-state index in [0.29, 0.717) is 25.4 Å². The van der Waals surface area contributed by atoms with Gasteiger partial charge in [0.15, 0.2) is 0 Å². The van der Waals surface area contributed by atoms with Crippen LogP contribution in [0.25, 0.3) is 0 Å². The maximum Gasteiger partial charge on any atom is 0.410 e. The van der Waals surface area contributed by atoms with Crippen LogP contribution in [0.5, 0.6) is 0 Å². The van der Waals surface area contributed by atoms with Gasteiger partial charge in [-0.25, -0.2) is 4.79 Å². The first-order valence-corrected chi connectivity index (χ1v) is 8.42. The molecule has 2 rings (SSSR count). The summed E-state index contributed by atoms with van der Waals surface area (Å²) in [6.07, 6.45) is 6.47. The Kier molecular flexibility index (Phi) is 5.70. The van der Waals surface area contributed by atoms with Crippen LogP contribution in [0.3, 0.4) is 0 Å². The van der Waals surface area contributed by atoms with Crippen LogP contribution in [-0.4, -0.2) is 53.6 Å². The van der Waals surface area contributed by atoms with Crippen molar-refractivity contribution in [1.82, 2.24) is 9.80 Å². The molecule has 0 N–H and O–H groups in total. The third-order valence-corrected chi connectivity index (χ3v) is 4.29. The Labute approximate surface area is 134 Å². The number of carbonyl (C=O) groups excluding carboxylic acids is 2. The number of amides is 2. The molecular formula is C17H29N2O3. The van der Waals surface area contributed by atoms with Crippen molar-refractivity contribution in [3.8, 4) is 0 Å². The van der Waals surface area contributed by atoms with Crippen molar-refractivity contribution in [2.75, 3.05) is 26.2 Å². The fraction of sp³-hybridized carbons (Fsp3) is 0.824. The van der Waals surface area contributed by atoms with Gasteiger partial charge in [-0.3, -0.25) is 4.79 Å². The number of hydrogen-bond acceptors (Lipinski definition) is 3. The largest absolute Gasteiger partial charge is 0.444 e. The molecule has 2 aliphatic heterocycles. The maximum absolute atomic E-state index is 12.3. The van der Waals surface area contributed by atoms with Gasteiger partial charge in [-0.1, -0.05) is 0 Å². The Morgan fingerprint density at radius 3 is 2.18 bits per heavy atom. The van der Waals surface area contributed by atoms with E-state index in [4.69, 9.17) is 4.74 Å². The summed E-state index contributed by atoms with van der Waals surface area (Å²) in [5.74, 6) is 0.681. The molecule has 5 nitrogen and oxygen atoms in total. The topological polar surface area (TPSA) is 49.9 Å². The molecule has 0 aromatic heterocycles. The first-order valence-electron chi connectivity index (χ1n) is 8.42. The molecule has 0 saturated carbocycles. The van der Waals surface area contributed by atoms with Crippen LogP contribution in [0.15, 0.2) is 0 Å². The molecule has 2 amide bonds. The van der Waals surface area contributed by atoms with Crippen LogP contribution in [0.2, 0.25) is 0 Å². The zero-order valence-corrected chi connectivity index (χ0v) is 14.1. The number of rotatable bonds is 2. The van der Waals surface area contributed by atoms with Gasteiger partial charge in [-0.2, -0.15) is 0 Å². The van der Waals surface area contributed by atoms with Gasteiger partial charge in [0.2, 0.25) is 5.91 Å². The lowest BCUT2D eigenvalue weighted by atomic mass is 9.93. The monoisotopic (exact) mass is 309 g/mol. The third kappa shape index (κ3) is 5.18. The van der Waals surface area contributed by atoms with Crippen LogP contribution < -0.4 is 0 Å². The molecule has 0 atom stereocenters. The molecule has 125 valence electrons. The summed E-state index contributed by atoms with van der Waals surface area (Å²) in [6, 6.07) is 0. The predicted molar refractivity (Wildman–Crippen MR) is 85.3 cm³/mol.